The molecule has 2 aliphatic rings. The van der Waals surface area contributed by atoms with Crippen molar-refractivity contribution in [3.63, 3.8) is 0 Å². The fraction of sp³-hybridized carbons (Fsp3) is 0.615. The second kappa shape index (κ2) is 12.7. The molecule has 0 aliphatic carbocycles. The first-order valence-corrected chi connectivity index (χ1v) is 16.9. The maximum atomic E-state index is 13.2. The van der Waals surface area contributed by atoms with E-state index in [1.165, 1.54) is 11.4 Å². The zero-order chi connectivity index (χ0) is 30.0. The molecule has 0 radical (unpaired) electrons. The standard InChI is InChI=1S/C25H36N4O5S.CH4O3S/c1-16(2)29-23-8-6-5-7-17(23)11-22(25(29)32)24(31)26-18-12-19-9-10-20(13-18)28(19)15-21(30)14-27(3)35(4,33)34;1-5(2,3)4/h5-8,11,16,18-21,30H,9-10,12-15H2,1-4H3,(H,26,31);1H3,(H,2,3,4)/t19-,20-,21-;/m0./s1. The minimum Gasteiger partial charge on any atom is -0.390 e. The second-order valence-corrected chi connectivity index (χ2v) is 14.6. The van der Waals surface area contributed by atoms with Gasteiger partial charge in [0.25, 0.3) is 21.6 Å². The molecule has 1 aromatic heterocycles. The summed E-state index contributed by atoms with van der Waals surface area (Å²) in [5.41, 5.74) is 0.691. The lowest BCUT2D eigenvalue weighted by molar-refractivity contribution is 0.0448. The smallest absolute Gasteiger partial charge is 0.264 e. The fourth-order valence-corrected chi connectivity index (χ4v) is 6.09. The molecule has 1 amide bonds. The summed E-state index contributed by atoms with van der Waals surface area (Å²) in [7, 11) is -5.54. The summed E-state index contributed by atoms with van der Waals surface area (Å²) in [5.74, 6) is -0.345. The highest BCUT2D eigenvalue weighted by Crippen LogP contribution is 2.36. The predicted molar refractivity (Wildman–Crippen MR) is 154 cm³/mol. The minimum atomic E-state index is -3.67. The molecule has 224 valence electrons. The molecule has 2 aromatic rings. The van der Waals surface area contributed by atoms with E-state index in [0.29, 0.717) is 12.8 Å². The number of sulfonamides is 1. The minimum absolute atomic E-state index is 0.0505. The van der Waals surface area contributed by atoms with Crippen LogP contribution in [-0.2, 0) is 20.1 Å². The van der Waals surface area contributed by atoms with Gasteiger partial charge in [0.2, 0.25) is 10.0 Å². The Morgan fingerprint density at radius 3 is 2.17 bits per heavy atom. The summed E-state index contributed by atoms with van der Waals surface area (Å²) in [4.78, 5) is 28.7. The van der Waals surface area contributed by atoms with Gasteiger partial charge in [0, 0.05) is 44.3 Å². The molecule has 2 bridgehead atoms. The number of amides is 1. The lowest BCUT2D eigenvalue weighted by atomic mass is 9.96. The van der Waals surface area contributed by atoms with Gasteiger partial charge in [-0.3, -0.25) is 19.0 Å². The average molecular weight is 601 g/mol. The van der Waals surface area contributed by atoms with E-state index in [1.807, 2.05) is 38.1 Å². The molecule has 0 unspecified atom stereocenters. The topological polar surface area (TPSA) is 166 Å². The van der Waals surface area contributed by atoms with Gasteiger partial charge >= 0.3 is 0 Å². The lowest BCUT2D eigenvalue weighted by Gasteiger charge is -2.40. The molecule has 0 saturated carbocycles. The Morgan fingerprint density at radius 1 is 1.10 bits per heavy atom. The van der Waals surface area contributed by atoms with Gasteiger partial charge in [-0.2, -0.15) is 8.42 Å². The number of likely N-dealkylation sites (N-methyl/N-ethyl adjacent to an activating group) is 1. The van der Waals surface area contributed by atoms with E-state index in [9.17, 15) is 31.5 Å². The van der Waals surface area contributed by atoms with Crippen molar-refractivity contribution in [3.05, 3.63) is 46.2 Å². The Bertz CT molecular complexity index is 1470. The number of aliphatic hydroxyl groups excluding tert-OH is 1. The Hall–Kier alpha value is -2.36. The number of pyridine rings is 1. The molecule has 2 aliphatic heterocycles. The SMILES string of the molecule is CC(C)n1c(=O)c(C(=O)NC2C[C@@H]3CC[C@@H](C2)N3C[C@@H](O)CN(C)S(C)(=O)=O)cc2ccccc21.CS(=O)(=O)O. The Labute approximate surface area is 235 Å². The van der Waals surface area contributed by atoms with E-state index in [1.54, 1.807) is 10.6 Å². The molecule has 1 aromatic carbocycles. The van der Waals surface area contributed by atoms with Crippen LogP contribution in [0.25, 0.3) is 10.9 Å². The van der Waals surface area contributed by atoms with Crippen molar-refractivity contribution in [3.8, 4) is 0 Å². The van der Waals surface area contributed by atoms with E-state index in [-0.39, 0.29) is 47.7 Å². The number of carbonyl (C=O) groups excluding carboxylic acids is 1. The van der Waals surface area contributed by atoms with E-state index >= 15 is 0 Å². The highest BCUT2D eigenvalue weighted by molar-refractivity contribution is 7.88. The molecule has 3 atom stereocenters. The number of aromatic nitrogens is 1. The van der Waals surface area contributed by atoms with Crippen LogP contribution in [0.3, 0.4) is 0 Å². The summed E-state index contributed by atoms with van der Waals surface area (Å²) in [6.07, 6.45) is 4.49. The van der Waals surface area contributed by atoms with Crippen LogP contribution in [0.2, 0.25) is 0 Å². The van der Waals surface area contributed by atoms with Crippen LogP contribution >= 0.6 is 0 Å². The molecule has 3 heterocycles. The van der Waals surface area contributed by atoms with Crippen molar-refractivity contribution in [2.75, 3.05) is 32.6 Å². The number of fused-ring (bicyclic) bond motifs is 3. The zero-order valence-electron chi connectivity index (χ0n) is 23.5. The van der Waals surface area contributed by atoms with Gasteiger partial charge in [0.15, 0.2) is 0 Å². The van der Waals surface area contributed by atoms with Crippen molar-refractivity contribution < 1.29 is 31.3 Å². The largest absolute Gasteiger partial charge is 0.390 e. The molecule has 4 rings (SSSR count). The van der Waals surface area contributed by atoms with Gasteiger partial charge < -0.3 is 15.0 Å². The monoisotopic (exact) mass is 600 g/mol. The van der Waals surface area contributed by atoms with Gasteiger partial charge in [-0.05, 0) is 57.0 Å². The molecular weight excluding hydrogens is 560 g/mol. The van der Waals surface area contributed by atoms with Crippen molar-refractivity contribution in [1.82, 2.24) is 19.1 Å². The molecule has 2 fully saturated rings. The van der Waals surface area contributed by atoms with Crippen LogP contribution in [-0.4, -0.2) is 103 Å². The normalized spacial score (nSPS) is 22.3. The summed E-state index contributed by atoms with van der Waals surface area (Å²) in [5, 5.41) is 14.5. The third-order valence-corrected chi connectivity index (χ3v) is 8.66. The van der Waals surface area contributed by atoms with E-state index in [4.69, 9.17) is 4.55 Å². The molecule has 0 spiro atoms. The number of nitrogens with zero attached hydrogens (tertiary/aromatic N) is 3. The van der Waals surface area contributed by atoms with Crippen molar-refractivity contribution in [2.24, 2.45) is 0 Å². The number of carbonyl (C=O) groups is 1. The summed E-state index contributed by atoms with van der Waals surface area (Å²) in [6, 6.07) is 9.57. The number of hydrogen-bond acceptors (Lipinski definition) is 8. The Morgan fingerprint density at radius 2 is 1.65 bits per heavy atom. The van der Waals surface area contributed by atoms with E-state index in [0.717, 1.165) is 42.8 Å². The number of aliphatic hydroxyl groups is 1. The van der Waals surface area contributed by atoms with Crippen LogP contribution in [0.5, 0.6) is 0 Å². The molecule has 2 saturated heterocycles. The van der Waals surface area contributed by atoms with Crippen LogP contribution < -0.4 is 10.9 Å². The lowest BCUT2D eigenvalue weighted by Crippen LogP contribution is -2.53. The maximum absolute atomic E-state index is 13.2. The molecule has 14 heteroatoms. The molecule has 3 N–H and O–H groups in total. The van der Waals surface area contributed by atoms with Gasteiger partial charge in [-0.1, -0.05) is 18.2 Å². The van der Waals surface area contributed by atoms with Gasteiger partial charge in [-0.15, -0.1) is 0 Å². The highest BCUT2D eigenvalue weighted by atomic mass is 32.2. The van der Waals surface area contributed by atoms with E-state index in [2.05, 4.69) is 10.2 Å². The number of hydrogen-bond donors (Lipinski definition) is 3. The molecular formula is C26H40N4O8S2. The zero-order valence-corrected chi connectivity index (χ0v) is 25.2. The molecule has 40 heavy (non-hydrogen) atoms. The van der Waals surface area contributed by atoms with Crippen molar-refractivity contribution >= 4 is 37.0 Å². The first kappa shape index (κ1) is 32.2. The highest BCUT2D eigenvalue weighted by Gasteiger charge is 2.42. The Balaban J connectivity index is 0.000000810. The summed E-state index contributed by atoms with van der Waals surface area (Å²) >= 11 is 0. The van der Waals surface area contributed by atoms with Crippen molar-refractivity contribution in [1.29, 1.82) is 0 Å². The van der Waals surface area contributed by atoms with Crippen LogP contribution in [0.1, 0.15) is 55.9 Å². The number of nitrogens with one attached hydrogen (secondary N) is 1. The van der Waals surface area contributed by atoms with Crippen molar-refractivity contribution in [2.45, 2.75) is 69.8 Å². The summed E-state index contributed by atoms with van der Waals surface area (Å²) < 4.78 is 52.0. The molecule has 12 nitrogen and oxygen atoms in total. The quantitative estimate of drug-likeness (QED) is 0.376. The van der Waals surface area contributed by atoms with Gasteiger partial charge in [0.1, 0.15) is 5.56 Å². The third-order valence-electron chi connectivity index (χ3n) is 7.38. The number of para-hydroxylation sites is 1. The predicted octanol–water partition coefficient (Wildman–Crippen LogP) is 1.06. The average Bonchev–Trinajstić information content (AvgIpc) is 3.03. The van der Waals surface area contributed by atoms with Gasteiger partial charge in [0.05, 0.1) is 24.1 Å². The van der Waals surface area contributed by atoms with Crippen LogP contribution in [0, 0.1) is 0 Å². The number of benzene rings is 1. The van der Waals surface area contributed by atoms with Gasteiger partial charge in [-0.25, -0.2) is 12.7 Å². The summed E-state index contributed by atoms with van der Waals surface area (Å²) in [6.45, 7) is 4.33. The first-order chi connectivity index (χ1) is 18.5. The third kappa shape index (κ3) is 8.33. The Kier molecular flexibility index (Phi) is 10.2. The first-order valence-electron chi connectivity index (χ1n) is 13.2. The van der Waals surface area contributed by atoms with E-state index < -0.39 is 26.2 Å². The maximum Gasteiger partial charge on any atom is 0.264 e. The number of piperidine rings is 1. The number of rotatable bonds is 8. The second-order valence-electron chi connectivity index (χ2n) is 11.0. The van der Waals surface area contributed by atoms with Crippen LogP contribution in [0.15, 0.2) is 35.1 Å². The van der Waals surface area contributed by atoms with Crippen LogP contribution in [0.4, 0.5) is 0 Å². The fourth-order valence-electron chi connectivity index (χ4n) is 5.65.